The van der Waals surface area contributed by atoms with E-state index < -0.39 is 5.97 Å². The van der Waals surface area contributed by atoms with E-state index >= 15 is 0 Å². The number of ether oxygens (including phenoxy) is 1. The molecule has 6 heteroatoms. The topological polar surface area (TPSA) is 75.7 Å². The number of amides is 2. The molecule has 1 saturated heterocycles. The van der Waals surface area contributed by atoms with Gasteiger partial charge in [0.1, 0.15) is 0 Å². The molecule has 0 atom stereocenters. The van der Waals surface area contributed by atoms with Crippen LogP contribution in [0.4, 0.5) is 5.69 Å². The summed E-state index contributed by atoms with van der Waals surface area (Å²) in [6, 6.07) is 14.2. The van der Waals surface area contributed by atoms with Gasteiger partial charge in [-0.1, -0.05) is 23.8 Å². The largest absolute Gasteiger partial charge is 0.465 e. The van der Waals surface area contributed by atoms with Gasteiger partial charge in [-0.05, 0) is 50.1 Å². The Morgan fingerprint density at radius 3 is 2.36 bits per heavy atom. The third-order valence-corrected chi connectivity index (χ3v) is 4.97. The van der Waals surface area contributed by atoms with Gasteiger partial charge in [-0.2, -0.15) is 0 Å². The zero-order valence-corrected chi connectivity index (χ0v) is 16.1. The number of benzene rings is 2. The van der Waals surface area contributed by atoms with Crippen LogP contribution in [0.25, 0.3) is 0 Å². The fraction of sp³-hybridized carbons (Fsp3) is 0.318. The number of nitrogens with one attached hydrogen (secondary N) is 1. The molecule has 1 aliphatic rings. The zero-order valence-electron chi connectivity index (χ0n) is 16.1. The number of carbonyl (C=O) groups is 3. The summed E-state index contributed by atoms with van der Waals surface area (Å²) in [6.45, 7) is 3.06. The molecule has 0 radical (unpaired) electrons. The fourth-order valence-corrected chi connectivity index (χ4v) is 3.39. The lowest BCUT2D eigenvalue weighted by atomic mass is 9.95. The number of hydrogen-bond donors (Lipinski definition) is 1. The summed E-state index contributed by atoms with van der Waals surface area (Å²) in [5.41, 5.74) is 2.68. The Kier molecular flexibility index (Phi) is 6.09. The van der Waals surface area contributed by atoms with Gasteiger partial charge in [0, 0.05) is 30.3 Å². The SMILES string of the molecule is COC(=O)c1cccc(NC(=O)C2CCN(C(=O)c3cccc(C)c3)CC2)c1. The number of hydrogen-bond acceptors (Lipinski definition) is 4. The number of esters is 1. The first-order valence-corrected chi connectivity index (χ1v) is 9.33. The van der Waals surface area contributed by atoms with Gasteiger partial charge >= 0.3 is 5.97 Å². The van der Waals surface area contributed by atoms with Crippen LogP contribution in [0.5, 0.6) is 0 Å². The number of likely N-dealkylation sites (tertiary alicyclic amines) is 1. The van der Waals surface area contributed by atoms with E-state index in [9.17, 15) is 14.4 Å². The molecule has 6 nitrogen and oxygen atoms in total. The molecule has 0 bridgehead atoms. The fourth-order valence-electron chi connectivity index (χ4n) is 3.39. The van der Waals surface area contributed by atoms with Crippen molar-refractivity contribution in [1.82, 2.24) is 4.90 Å². The van der Waals surface area contributed by atoms with Crippen LogP contribution in [-0.2, 0) is 9.53 Å². The Balaban J connectivity index is 1.57. The van der Waals surface area contributed by atoms with Gasteiger partial charge in [0.05, 0.1) is 12.7 Å². The normalized spacial score (nSPS) is 14.4. The number of piperidine rings is 1. The van der Waals surface area contributed by atoms with Gasteiger partial charge in [-0.25, -0.2) is 4.79 Å². The average molecular weight is 380 g/mol. The third kappa shape index (κ3) is 4.57. The maximum atomic E-state index is 12.6. The van der Waals surface area contributed by atoms with Crippen molar-refractivity contribution in [2.45, 2.75) is 19.8 Å². The number of methoxy groups -OCH3 is 1. The van der Waals surface area contributed by atoms with Crippen molar-refractivity contribution in [1.29, 1.82) is 0 Å². The van der Waals surface area contributed by atoms with Crippen LogP contribution < -0.4 is 5.32 Å². The molecule has 1 heterocycles. The van der Waals surface area contributed by atoms with Crippen molar-refractivity contribution < 1.29 is 19.1 Å². The van der Waals surface area contributed by atoms with Crippen LogP contribution in [0.15, 0.2) is 48.5 Å². The van der Waals surface area contributed by atoms with Crippen LogP contribution in [0.1, 0.15) is 39.1 Å². The molecular formula is C22H24N2O4. The highest BCUT2D eigenvalue weighted by atomic mass is 16.5. The minimum absolute atomic E-state index is 0.00772. The molecule has 0 saturated carbocycles. The Labute approximate surface area is 164 Å². The van der Waals surface area contributed by atoms with E-state index in [-0.39, 0.29) is 17.7 Å². The van der Waals surface area contributed by atoms with E-state index in [1.807, 2.05) is 31.2 Å². The Morgan fingerprint density at radius 1 is 1.00 bits per heavy atom. The van der Waals surface area contributed by atoms with E-state index in [0.717, 1.165) is 5.56 Å². The molecule has 0 spiro atoms. The molecule has 2 amide bonds. The first-order valence-electron chi connectivity index (χ1n) is 9.33. The van der Waals surface area contributed by atoms with Gasteiger partial charge in [0.2, 0.25) is 5.91 Å². The highest BCUT2D eigenvalue weighted by Gasteiger charge is 2.28. The van der Waals surface area contributed by atoms with Crippen molar-refractivity contribution in [3.05, 3.63) is 65.2 Å². The lowest BCUT2D eigenvalue weighted by molar-refractivity contribution is -0.121. The van der Waals surface area contributed by atoms with E-state index in [4.69, 9.17) is 4.74 Å². The van der Waals surface area contributed by atoms with Crippen molar-refractivity contribution in [2.24, 2.45) is 5.92 Å². The highest BCUT2D eigenvalue weighted by molar-refractivity contribution is 5.96. The predicted molar refractivity (Wildman–Crippen MR) is 106 cm³/mol. The van der Waals surface area contributed by atoms with E-state index in [1.54, 1.807) is 29.2 Å². The second kappa shape index (κ2) is 8.69. The summed E-state index contributed by atoms with van der Waals surface area (Å²) in [4.78, 5) is 38.6. The Morgan fingerprint density at radius 2 is 1.68 bits per heavy atom. The Hall–Kier alpha value is -3.15. The van der Waals surface area contributed by atoms with Crippen molar-refractivity contribution in [2.75, 3.05) is 25.5 Å². The molecule has 28 heavy (non-hydrogen) atoms. The van der Waals surface area contributed by atoms with Crippen molar-refractivity contribution in [3.63, 3.8) is 0 Å². The van der Waals surface area contributed by atoms with Crippen molar-refractivity contribution >= 4 is 23.5 Å². The van der Waals surface area contributed by atoms with Crippen LogP contribution in [0.2, 0.25) is 0 Å². The lowest BCUT2D eigenvalue weighted by Gasteiger charge is -2.31. The van der Waals surface area contributed by atoms with Gasteiger partial charge in [0.25, 0.3) is 5.91 Å². The maximum Gasteiger partial charge on any atom is 0.337 e. The molecule has 0 aromatic heterocycles. The molecule has 1 fully saturated rings. The molecule has 146 valence electrons. The minimum atomic E-state index is -0.445. The average Bonchev–Trinajstić information content (AvgIpc) is 2.73. The summed E-state index contributed by atoms with van der Waals surface area (Å²) in [5.74, 6) is -0.694. The van der Waals surface area contributed by atoms with Crippen LogP contribution in [0.3, 0.4) is 0 Å². The predicted octanol–water partition coefficient (Wildman–Crippen LogP) is 3.27. The van der Waals surface area contributed by atoms with Crippen molar-refractivity contribution in [3.8, 4) is 0 Å². The van der Waals surface area contributed by atoms with E-state index in [0.29, 0.717) is 42.7 Å². The van der Waals surface area contributed by atoms with Gasteiger partial charge in [0.15, 0.2) is 0 Å². The standard InChI is InChI=1S/C22H24N2O4/c1-15-5-3-6-17(13-15)21(26)24-11-9-16(10-12-24)20(25)23-19-8-4-7-18(14-19)22(27)28-2/h3-8,13-14,16H,9-12H2,1-2H3,(H,23,25). The van der Waals surface area contributed by atoms with Crippen LogP contribution in [-0.4, -0.2) is 42.9 Å². The van der Waals surface area contributed by atoms with E-state index in [2.05, 4.69) is 5.32 Å². The molecule has 1 aliphatic heterocycles. The van der Waals surface area contributed by atoms with Gasteiger partial charge in [-0.15, -0.1) is 0 Å². The summed E-state index contributed by atoms with van der Waals surface area (Å²) in [6.07, 6.45) is 1.22. The van der Waals surface area contributed by atoms with E-state index in [1.165, 1.54) is 7.11 Å². The first kappa shape index (κ1) is 19.6. The van der Waals surface area contributed by atoms with Gasteiger partial charge < -0.3 is 15.0 Å². The zero-order chi connectivity index (χ0) is 20.1. The molecule has 2 aromatic carbocycles. The summed E-state index contributed by atoms with van der Waals surface area (Å²) >= 11 is 0. The number of aryl methyl sites for hydroxylation is 1. The second-order valence-electron chi connectivity index (χ2n) is 7.00. The molecular weight excluding hydrogens is 356 g/mol. The second-order valence-corrected chi connectivity index (χ2v) is 7.00. The summed E-state index contributed by atoms with van der Waals surface area (Å²) < 4.78 is 4.70. The molecule has 0 aliphatic carbocycles. The number of nitrogens with zero attached hydrogens (tertiary/aromatic N) is 1. The lowest BCUT2D eigenvalue weighted by Crippen LogP contribution is -2.41. The molecule has 1 N–H and O–H groups in total. The molecule has 2 aromatic rings. The first-order chi connectivity index (χ1) is 13.5. The monoisotopic (exact) mass is 380 g/mol. The highest BCUT2D eigenvalue weighted by Crippen LogP contribution is 2.22. The van der Waals surface area contributed by atoms with Crippen LogP contribution in [0, 0.1) is 12.8 Å². The molecule has 0 unspecified atom stereocenters. The summed E-state index contributed by atoms with van der Waals surface area (Å²) in [7, 11) is 1.32. The van der Waals surface area contributed by atoms with Gasteiger partial charge in [-0.3, -0.25) is 9.59 Å². The quantitative estimate of drug-likeness (QED) is 0.826. The Bertz CT molecular complexity index is 886. The number of rotatable bonds is 4. The number of carbonyl (C=O) groups excluding carboxylic acids is 3. The minimum Gasteiger partial charge on any atom is -0.465 e. The summed E-state index contributed by atoms with van der Waals surface area (Å²) in [5, 5.41) is 2.86. The number of anilines is 1. The maximum absolute atomic E-state index is 12.6. The third-order valence-electron chi connectivity index (χ3n) is 4.97. The molecule has 3 rings (SSSR count). The smallest absolute Gasteiger partial charge is 0.337 e. The van der Waals surface area contributed by atoms with Crippen LogP contribution >= 0.6 is 0 Å².